The summed E-state index contributed by atoms with van der Waals surface area (Å²) in [5.74, 6) is -0.372. The minimum atomic E-state index is -0.372. The molecule has 9 heteroatoms. The van der Waals surface area contributed by atoms with Gasteiger partial charge in [0.25, 0.3) is 17.2 Å². The minimum absolute atomic E-state index is 0.163. The second-order valence-corrected chi connectivity index (χ2v) is 5.68. The molecule has 0 spiro atoms. The molecule has 0 aliphatic carbocycles. The van der Waals surface area contributed by atoms with E-state index in [1.807, 2.05) is 0 Å². The molecule has 0 saturated heterocycles. The molecule has 0 radical (unpaired) electrons. The highest BCUT2D eigenvalue weighted by Gasteiger charge is 2.14. The molecule has 4 aromatic heterocycles. The molecule has 0 aliphatic rings. The number of nitrogens with one attached hydrogen (secondary N) is 1. The molecule has 0 bridgehead atoms. The highest BCUT2D eigenvalue weighted by Crippen LogP contribution is 2.16. The smallest absolute Gasteiger partial charge is 0.276 e. The normalized spacial score (nSPS) is 11.3. The summed E-state index contributed by atoms with van der Waals surface area (Å²) in [6.07, 6.45) is 4.88. The summed E-state index contributed by atoms with van der Waals surface area (Å²) in [6, 6.07) is 3.35. The molecule has 0 aromatic carbocycles. The molecule has 9 nitrogen and oxygen atoms in total. The number of hydrogen-bond acceptors (Lipinski definition) is 6. The van der Waals surface area contributed by atoms with Gasteiger partial charge < -0.3 is 14.4 Å². The van der Waals surface area contributed by atoms with E-state index in [0.29, 0.717) is 16.8 Å². The number of carbonyl (C=O) groups excluding carboxylic acids is 1. The fourth-order valence-electron chi connectivity index (χ4n) is 2.61. The SMILES string of the molecule is Cc1noc2nc(C(=O)NCc3cnn4ccn(C)c(=O)c34)ccc12. The van der Waals surface area contributed by atoms with Crippen LogP contribution in [0.25, 0.3) is 16.6 Å². The van der Waals surface area contributed by atoms with Crippen LogP contribution in [0.1, 0.15) is 21.7 Å². The van der Waals surface area contributed by atoms with Crippen LogP contribution in [0, 0.1) is 6.92 Å². The lowest BCUT2D eigenvalue weighted by atomic mass is 10.2. The van der Waals surface area contributed by atoms with Crippen LogP contribution in [0.2, 0.25) is 0 Å². The van der Waals surface area contributed by atoms with Crippen molar-refractivity contribution in [3.63, 3.8) is 0 Å². The molecule has 126 valence electrons. The number of aromatic nitrogens is 5. The summed E-state index contributed by atoms with van der Waals surface area (Å²) in [7, 11) is 1.66. The Hall–Kier alpha value is -3.49. The average Bonchev–Trinajstić information content (AvgIpc) is 3.20. The van der Waals surface area contributed by atoms with Crippen molar-refractivity contribution in [1.82, 2.24) is 29.6 Å². The number of amides is 1. The highest BCUT2D eigenvalue weighted by atomic mass is 16.5. The number of hydrogen-bond donors (Lipinski definition) is 1. The monoisotopic (exact) mass is 338 g/mol. The molecule has 0 aliphatic heterocycles. The summed E-state index contributed by atoms with van der Waals surface area (Å²) >= 11 is 0. The largest absolute Gasteiger partial charge is 0.346 e. The van der Waals surface area contributed by atoms with Crippen molar-refractivity contribution in [3.8, 4) is 0 Å². The van der Waals surface area contributed by atoms with Gasteiger partial charge in [0.1, 0.15) is 11.2 Å². The Bertz CT molecular complexity index is 1170. The molecule has 1 amide bonds. The summed E-state index contributed by atoms with van der Waals surface area (Å²) in [4.78, 5) is 28.7. The van der Waals surface area contributed by atoms with Crippen molar-refractivity contribution in [2.75, 3.05) is 0 Å². The highest BCUT2D eigenvalue weighted by molar-refractivity contribution is 5.94. The summed E-state index contributed by atoms with van der Waals surface area (Å²) in [5.41, 5.74) is 2.13. The first-order valence-corrected chi connectivity index (χ1v) is 7.57. The van der Waals surface area contributed by atoms with Crippen LogP contribution in [0.4, 0.5) is 0 Å². The third-order valence-corrected chi connectivity index (χ3v) is 4.02. The van der Waals surface area contributed by atoms with E-state index in [4.69, 9.17) is 4.52 Å². The lowest BCUT2D eigenvalue weighted by molar-refractivity contribution is 0.0946. The van der Waals surface area contributed by atoms with Gasteiger partial charge in [-0.25, -0.2) is 9.50 Å². The molecule has 0 unspecified atom stereocenters. The summed E-state index contributed by atoms with van der Waals surface area (Å²) in [5, 5.41) is 11.5. The maximum atomic E-state index is 12.3. The minimum Gasteiger partial charge on any atom is -0.346 e. The zero-order valence-corrected chi connectivity index (χ0v) is 13.6. The van der Waals surface area contributed by atoms with Crippen LogP contribution < -0.4 is 10.9 Å². The van der Waals surface area contributed by atoms with Gasteiger partial charge in [-0.05, 0) is 19.1 Å². The second-order valence-electron chi connectivity index (χ2n) is 5.68. The van der Waals surface area contributed by atoms with Gasteiger partial charge >= 0.3 is 0 Å². The number of rotatable bonds is 3. The molecule has 1 N–H and O–H groups in total. The molecule has 4 rings (SSSR count). The number of nitrogens with zero attached hydrogens (tertiary/aromatic N) is 5. The van der Waals surface area contributed by atoms with E-state index in [-0.39, 0.29) is 23.7 Å². The maximum Gasteiger partial charge on any atom is 0.276 e. The van der Waals surface area contributed by atoms with Crippen molar-refractivity contribution < 1.29 is 9.32 Å². The number of carbonyl (C=O) groups is 1. The van der Waals surface area contributed by atoms with E-state index in [1.54, 1.807) is 44.7 Å². The van der Waals surface area contributed by atoms with E-state index < -0.39 is 0 Å². The molecule has 0 fully saturated rings. The molecule has 0 saturated carbocycles. The van der Waals surface area contributed by atoms with Crippen molar-refractivity contribution in [3.05, 3.63) is 58.0 Å². The Kier molecular flexibility index (Phi) is 3.34. The predicted octanol–water partition coefficient (Wildman–Crippen LogP) is 0.808. The molecular formula is C16H14N6O3. The standard InChI is InChI=1S/C16H14N6O3/c1-9-11-3-4-12(19-15(11)25-20-9)14(23)17-7-10-8-18-22-6-5-21(2)16(24)13(10)22/h3-6,8H,7H2,1-2H3,(H,17,23). The van der Waals surface area contributed by atoms with Crippen LogP contribution in [-0.2, 0) is 13.6 Å². The quantitative estimate of drug-likeness (QED) is 0.592. The number of aryl methyl sites for hydroxylation is 2. The fraction of sp³-hybridized carbons (Fsp3) is 0.188. The Morgan fingerprint density at radius 1 is 1.32 bits per heavy atom. The lowest BCUT2D eigenvalue weighted by Crippen LogP contribution is -2.25. The van der Waals surface area contributed by atoms with E-state index in [0.717, 1.165) is 11.1 Å². The third kappa shape index (κ3) is 2.45. The van der Waals surface area contributed by atoms with Crippen LogP contribution in [0.5, 0.6) is 0 Å². The van der Waals surface area contributed by atoms with E-state index in [9.17, 15) is 9.59 Å². The van der Waals surface area contributed by atoms with Crippen molar-refractivity contribution >= 4 is 22.5 Å². The predicted molar refractivity (Wildman–Crippen MR) is 88.1 cm³/mol. The zero-order valence-electron chi connectivity index (χ0n) is 13.6. The van der Waals surface area contributed by atoms with Gasteiger partial charge in [0.2, 0.25) is 0 Å². The first kappa shape index (κ1) is 15.1. The third-order valence-electron chi connectivity index (χ3n) is 4.02. The number of pyridine rings is 1. The van der Waals surface area contributed by atoms with E-state index in [1.165, 1.54) is 9.08 Å². The summed E-state index contributed by atoms with van der Waals surface area (Å²) < 4.78 is 8.03. The fourth-order valence-corrected chi connectivity index (χ4v) is 2.61. The van der Waals surface area contributed by atoms with Gasteiger partial charge in [-0.1, -0.05) is 5.16 Å². The van der Waals surface area contributed by atoms with Gasteiger partial charge in [0.05, 0.1) is 17.3 Å². The Balaban J connectivity index is 1.59. The molecule has 4 aromatic rings. The van der Waals surface area contributed by atoms with Crippen LogP contribution in [0.15, 0.2) is 40.0 Å². The maximum absolute atomic E-state index is 12.3. The van der Waals surface area contributed by atoms with Crippen LogP contribution in [-0.4, -0.2) is 30.2 Å². The Morgan fingerprint density at radius 3 is 3.00 bits per heavy atom. The van der Waals surface area contributed by atoms with Crippen molar-refractivity contribution in [1.29, 1.82) is 0 Å². The zero-order chi connectivity index (χ0) is 17.6. The second kappa shape index (κ2) is 5.55. The lowest BCUT2D eigenvalue weighted by Gasteiger charge is -2.04. The first-order chi connectivity index (χ1) is 12.0. The Labute approximate surface area is 140 Å². The average molecular weight is 338 g/mol. The molecule has 4 heterocycles. The Morgan fingerprint density at radius 2 is 2.16 bits per heavy atom. The first-order valence-electron chi connectivity index (χ1n) is 7.57. The van der Waals surface area contributed by atoms with Gasteiger partial charge in [-0.15, -0.1) is 0 Å². The topological polar surface area (TPSA) is 107 Å². The molecular weight excluding hydrogens is 324 g/mol. The molecule has 0 atom stereocenters. The van der Waals surface area contributed by atoms with Crippen molar-refractivity contribution in [2.24, 2.45) is 7.05 Å². The van der Waals surface area contributed by atoms with Crippen LogP contribution >= 0.6 is 0 Å². The van der Waals surface area contributed by atoms with Gasteiger partial charge in [-0.3, -0.25) is 9.59 Å². The molecule has 25 heavy (non-hydrogen) atoms. The van der Waals surface area contributed by atoms with Gasteiger partial charge in [0.15, 0.2) is 0 Å². The van der Waals surface area contributed by atoms with Gasteiger partial charge in [-0.2, -0.15) is 5.10 Å². The van der Waals surface area contributed by atoms with Crippen molar-refractivity contribution in [2.45, 2.75) is 13.5 Å². The van der Waals surface area contributed by atoms with Gasteiger partial charge in [0, 0.05) is 31.5 Å². The van der Waals surface area contributed by atoms with E-state index in [2.05, 4.69) is 20.6 Å². The number of fused-ring (bicyclic) bond motifs is 2. The summed E-state index contributed by atoms with van der Waals surface area (Å²) in [6.45, 7) is 1.97. The van der Waals surface area contributed by atoms with E-state index >= 15 is 0 Å². The van der Waals surface area contributed by atoms with Crippen LogP contribution in [0.3, 0.4) is 0 Å².